The van der Waals surface area contributed by atoms with Gasteiger partial charge in [-0.1, -0.05) is 66.4 Å². The van der Waals surface area contributed by atoms with Crippen molar-refractivity contribution in [3.05, 3.63) is 76.2 Å². The Labute approximate surface area is 168 Å². The smallest absolute Gasteiger partial charge is 0.337 e. The van der Waals surface area contributed by atoms with Crippen LogP contribution in [0.25, 0.3) is 6.08 Å². The molecule has 2 aromatic carbocycles. The van der Waals surface area contributed by atoms with Crippen molar-refractivity contribution in [1.29, 1.82) is 0 Å². The normalized spacial score (nSPS) is 15.4. The Morgan fingerprint density at radius 1 is 1.15 bits per heavy atom. The lowest BCUT2D eigenvalue weighted by Gasteiger charge is -2.14. The first-order valence-electron chi connectivity index (χ1n) is 8.56. The maximum absolute atomic E-state index is 12.7. The highest BCUT2D eigenvalue weighted by Crippen LogP contribution is 2.32. The summed E-state index contributed by atoms with van der Waals surface area (Å²) in [5.74, 6) is -0.443. The van der Waals surface area contributed by atoms with Gasteiger partial charge in [-0.3, -0.25) is 9.69 Å². The fraction of sp³-hybridized carbons (Fsp3) is 0.190. The van der Waals surface area contributed by atoms with Gasteiger partial charge >= 0.3 is 5.97 Å². The van der Waals surface area contributed by atoms with Crippen molar-refractivity contribution in [3.8, 4) is 0 Å². The van der Waals surface area contributed by atoms with Crippen LogP contribution in [0.1, 0.15) is 27.9 Å². The monoisotopic (exact) mass is 397 g/mol. The molecule has 1 aliphatic rings. The van der Waals surface area contributed by atoms with Crippen LogP contribution in [0, 0.1) is 0 Å². The van der Waals surface area contributed by atoms with Gasteiger partial charge in [-0.2, -0.15) is 0 Å². The molecule has 0 spiro atoms. The first kappa shape index (κ1) is 19.3. The van der Waals surface area contributed by atoms with E-state index in [2.05, 4.69) is 16.9 Å². The molecular weight excluding hydrogens is 378 g/mol. The van der Waals surface area contributed by atoms with Crippen molar-refractivity contribution in [2.75, 3.05) is 13.7 Å². The van der Waals surface area contributed by atoms with Crippen LogP contribution in [0.15, 0.2) is 59.5 Å². The summed E-state index contributed by atoms with van der Waals surface area (Å²) in [5, 5.41) is 0. The molecule has 1 saturated heterocycles. The van der Waals surface area contributed by atoms with Gasteiger partial charge in [-0.05, 0) is 42.2 Å². The van der Waals surface area contributed by atoms with Crippen LogP contribution in [0.3, 0.4) is 0 Å². The first-order chi connectivity index (χ1) is 13.1. The second-order valence-corrected chi connectivity index (χ2v) is 7.71. The molecule has 6 heteroatoms. The quantitative estimate of drug-likeness (QED) is 0.413. The third kappa shape index (κ3) is 4.84. The summed E-state index contributed by atoms with van der Waals surface area (Å²) in [6, 6.07) is 17.1. The van der Waals surface area contributed by atoms with Gasteiger partial charge in [-0.25, -0.2) is 4.79 Å². The fourth-order valence-electron chi connectivity index (χ4n) is 2.76. The van der Waals surface area contributed by atoms with Crippen molar-refractivity contribution in [2.45, 2.75) is 12.8 Å². The Kier molecular flexibility index (Phi) is 6.42. The number of methoxy groups -OCH3 is 1. The summed E-state index contributed by atoms with van der Waals surface area (Å²) < 4.78 is 5.28. The lowest BCUT2D eigenvalue weighted by Crippen LogP contribution is -2.29. The average molecular weight is 398 g/mol. The van der Waals surface area contributed by atoms with E-state index in [-0.39, 0.29) is 11.9 Å². The number of esters is 1. The number of thioether (sulfide) groups is 1. The van der Waals surface area contributed by atoms with E-state index < -0.39 is 0 Å². The lowest BCUT2D eigenvalue weighted by molar-refractivity contribution is -0.122. The van der Waals surface area contributed by atoms with Crippen molar-refractivity contribution in [3.63, 3.8) is 0 Å². The number of aryl methyl sites for hydroxylation is 1. The third-order valence-corrected chi connectivity index (χ3v) is 5.57. The van der Waals surface area contributed by atoms with E-state index >= 15 is 0 Å². The molecule has 0 saturated carbocycles. The zero-order valence-electron chi connectivity index (χ0n) is 14.9. The Morgan fingerprint density at radius 3 is 2.52 bits per heavy atom. The van der Waals surface area contributed by atoms with Crippen molar-refractivity contribution in [2.24, 2.45) is 0 Å². The summed E-state index contributed by atoms with van der Waals surface area (Å²) in [6.07, 6.45) is 3.57. The molecule has 3 rings (SSSR count). The lowest BCUT2D eigenvalue weighted by atomic mass is 10.1. The van der Waals surface area contributed by atoms with Gasteiger partial charge in [0.2, 0.25) is 0 Å². The number of hydrogen-bond donors (Lipinski definition) is 0. The highest BCUT2D eigenvalue weighted by Gasteiger charge is 2.31. The molecule has 1 fully saturated rings. The molecule has 138 valence electrons. The summed E-state index contributed by atoms with van der Waals surface area (Å²) >= 11 is 6.69. The van der Waals surface area contributed by atoms with Crippen LogP contribution in [0.4, 0.5) is 0 Å². The standard InChI is InChI=1S/C21H19NO3S2/c1-25-20(24)17-11-9-16(10-12-17)14-18-19(23)22(21(26)27-18)13-5-8-15-6-3-2-4-7-15/h2-4,6-7,9-12,14H,5,8,13H2,1H3. The van der Waals surface area contributed by atoms with Crippen LogP contribution >= 0.6 is 24.0 Å². The Morgan fingerprint density at radius 2 is 1.85 bits per heavy atom. The van der Waals surface area contributed by atoms with E-state index in [1.807, 2.05) is 18.2 Å². The van der Waals surface area contributed by atoms with E-state index in [1.54, 1.807) is 35.2 Å². The average Bonchev–Trinajstić information content (AvgIpc) is 2.96. The molecule has 1 heterocycles. The first-order valence-corrected chi connectivity index (χ1v) is 9.78. The van der Waals surface area contributed by atoms with Crippen LogP contribution in [-0.2, 0) is 16.0 Å². The minimum absolute atomic E-state index is 0.0601. The number of rotatable bonds is 6. The molecule has 0 atom stereocenters. The predicted octanol–water partition coefficient (Wildman–Crippen LogP) is 4.31. The molecule has 1 amide bonds. The predicted molar refractivity (Wildman–Crippen MR) is 112 cm³/mol. The van der Waals surface area contributed by atoms with Crippen LogP contribution in [0.5, 0.6) is 0 Å². The molecule has 0 N–H and O–H groups in total. The second kappa shape index (κ2) is 8.97. The number of carbonyl (C=O) groups is 2. The zero-order valence-corrected chi connectivity index (χ0v) is 16.5. The summed E-state index contributed by atoms with van der Waals surface area (Å²) in [4.78, 5) is 26.4. The highest BCUT2D eigenvalue weighted by atomic mass is 32.2. The van der Waals surface area contributed by atoms with Gasteiger partial charge in [0, 0.05) is 6.54 Å². The number of nitrogens with zero attached hydrogens (tertiary/aromatic N) is 1. The molecule has 0 radical (unpaired) electrons. The summed E-state index contributed by atoms with van der Waals surface area (Å²) in [6.45, 7) is 0.609. The van der Waals surface area contributed by atoms with E-state index in [4.69, 9.17) is 12.2 Å². The largest absolute Gasteiger partial charge is 0.465 e. The number of hydrogen-bond acceptors (Lipinski definition) is 5. The Balaban J connectivity index is 1.62. The number of benzene rings is 2. The highest BCUT2D eigenvalue weighted by molar-refractivity contribution is 8.26. The van der Waals surface area contributed by atoms with Gasteiger partial charge < -0.3 is 4.74 Å². The van der Waals surface area contributed by atoms with Crippen LogP contribution in [-0.4, -0.2) is 34.8 Å². The molecule has 0 aromatic heterocycles. The summed E-state index contributed by atoms with van der Waals surface area (Å²) in [7, 11) is 1.35. The molecular formula is C21H19NO3S2. The minimum atomic E-state index is -0.383. The third-order valence-electron chi connectivity index (χ3n) is 4.19. The zero-order chi connectivity index (χ0) is 19.2. The Bertz CT molecular complexity index is 876. The fourth-order valence-corrected chi connectivity index (χ4v) is 4.07. The number of carbonyl (C=O) groups excluding carboxylic acids is 2. The topological polar surface area (TPSA) is 46.6 Å². The second-order valence-electron chi connectivity index (χ2n) is 6.04. The van der Waals surface area contributed by atoms with Gasteiger partial charge in [0.05, 0.1) is 17.6 Å². The van der Waals surface area contributed by atoms with E-state index in [0.717, 1.165) is 18.4 Å². The summed E-state index contributed by atoms with van der Waals surface area (Å²) in [5.41, 5.74) is 2.57. The number of ether oxygens (including phenoxy) is 1. The van der Waals surface area contributed by atoms with Gasteiger partial charge in [-0.15, -0.1) is 0 Å². The maximum atomic E-state index is 12.7. The maximum Gasteiger partial charge on any atom is 0.337 e. The van der Waals surface area contributed by atoms with Crippen LogP contribution in [0.2, 0.25) is 0 Å². The molecule has 0 aliphatic carbocycles. The Hall–Kier alpha value is -2.44. The molecule has 4 nitrogen and oxygen atoms in total. The van der Waals surface area contributed by atoms with Gasteiger partial charge in [0.25, 0.3) is 5.91 Å². The molecule has 1 aliphatic heterocycles. The van der Waals surface area contributed by atoms with E-state index in [0.29, 0.717) is 21.3 Å². The molecule has 0 bridgehead atoms. The van der Waals surface area contributed by atoms with E-state index in [9.17, 15) is 9.59 Å². The number of thiocarbonyl (C=S) groups is 1. The number of amides is 1. The van der Waals surface area contributed by atoms with Gasteiger partial charge in [0.15, 0.2) is 0 Å². The van der Waals surface area contributed by atoms with E-state index in [1.165, 1.54) is 24.4 Å². The van der Waals surface area contributed by atoms with Crippen molar-refractivity contribution >= 4 is 46.3 Å². The molecule has 27 heavy (non-hydrogen) atoms. The van der Waals surface area contributed by atoms with Crippen molar-refractivity contribution in [1.82, 2.24) is 4.90 Å². The van der Waals surface area contributed by atoms with Gasteiger partial charge in [0.1, 0.15) is 4.32 Å². The van der Waals surface area contributed by atoms with Crippen molar-refractivity contribution < 1.29 is 14.3 Å². The SMILES string of the molecule is COC(=O)c1ccc(C=C2SC(=S)N(CCCc3ccccc3)C2=O)cc1. The molecule has 0 unspecified atom stereocenters. The van der Waals surface area contributed by atoms with Crippen LogP contribution < -0.4 is 0 Å². The minimum Gasteiger partial charge on any atom is -0.465 e. The molecule has 2 aromatic rings.